The van der Waals surface area contributed by atoms with E-state index in [1.54, 1.807) is 0 Å². The van der Waals surface area contributed by atoms with Gasteiger partial charge in [0.2, 0.25) is 5.91 Å². The molecule has 0 radical (unpaired) electrons. The van der Waals surface area contributed by atoms with Crippen LogP contribution in [0.5, 0.6) is 0 Å². The van der Waals surface area contributed by atoms with E-state index in [4.69, 9.17) is 0 Å². The molecule has 2 unspecified atom stereocenters. The Morgan fingerprint density at radius 1 is 1.48 bits per heavy atom. The van der Waals surface area contributed by atoms with Crippen LogP contribution in [0.25, 0.3) is 0 Å². The molecule has 5 nitrogen and oxygen atoms in total. The van der Waals surface area contributed by atoms with Crippen molar-refractivity contribution in [3.05, 3.63) is 24.0 Å². The number of hydrogen-bond donors (Lipinski definition) is 2. The van der Waals surface area contributed by atoms with Crippen LogP contribution >= 0.6 is 0 Å². The van der Waals surface area contributed by atoms with Crippen LogP contribution in [-0.4, -0.2) is 36.6 Å². The molecular formula is C16H26N4O. The predicted molar refractivity (Wildman–Crippen MR) is 85.4 cm³/mol. The number of nitrogens with zero attached hydrogens (tertiary/aromatic N) is 2. The van der Waals surface area contributed by atoms with E-state index >= 15 is 0 Å². The molecule has 1 aliphatic rings. The van der Waals surface area contributed by atoms with Gasteiger partial charge in [-0.1, -0.05) is 13.8 Å². The smallest absolute Gasteiger partial charge is 0.242 e. The van der Waals surface area contributed by atoms with Gasteiger partial charge in [-0.05, 0) is 38.4 Å². The lowest BCUT2D eigenvalue weighted by atomic mass is 10.1. The Kier molecular flexibility index (Phi) is 5.56. The Balaban J connectivity index is 2.08. The highest BCUT2D eigenvalue weighted by molar-refractivity contribution is 5.86. The van der Waals surface area contributed by atoms with Gasteiger partial charge in [-0.25, -0.2) is 0 Å². The first kappa shape index (κ1) is 15.8. The molecule has 1 aromatic rings. The van der Waals surface area contributed by atoms with Crippen LogP contribution in [0.3, 0.4) is 0 Å². The molecule has 2 atom stereocenters. The standard InChI is InChI=1S/C16H26N4O/c1-4-8-17-12(3)14-7-6-13(11-19-14)20-10-9-18-16(21)15(20)5-2/h6-7,11-12,15,17H,4-5,8-10H2,1-3H3,(H,18,21). The molecule has 1 fully saturated rings. The second-order valence-corrected chi connectivity index (χ2v) is 5.53. The fraction of sp³-hybridized carbons (Fsp3) is 0.625. The second kappa shape index (κ2) is 7.41. The summed E-state index contributed by atoms with van der Waals surface area (Å²) in [4.78, 5) is 18.6. The van der Waals surface area contributed by atoms with Gasteiger partial charge >= 0.3 is 0 Å². The summed E-state index contributed by atoms with van der Waals surface area (Å²) in [5.41, 5.74) is 2.07. The number of anilines is 1. The maximum absolute atomic E-state index is 11.9. The number of carbonyl (C=O) groups excluding carboxylic acids is 1. The van der Waals surface area contributed by atoms with Crippen molar-refractivity contribution in [1.82, 2.24) is 15.6 Å². The van der Waals surface area contributed by atoms with Crippen molar-refractivity contribution in [3.8, 4) is 0 Å². The van der Waals surface area contributed by atoms with Crippen LogP contribution in [0, 0.1) is 0 Å². The largest absolute Gasteiger partial charge is 0.357 e. The first-order chi connectivity index (χ1) is 10.2. The molecule has 0 bridgehead atoms. The quantitative estimate of drug-likeness (QED) is 0.839. The predicted octanol–water partition coefficient (Wildman–Crippen LogP) is 1.86. The zero-order valence-electron chi connectivity index (χ0n) is 13.2. The SMILES string of the molecule is CCCNC(C)c1ccc(N2CCNC(=O)C2CC)cn1. The van der Waals surface area contributed by atoms with Crippen molar-refractivity contribution in [2.45, 2.75) is 45.7 Å². The first-order valence-electron chi connectivity index (χ1n) is 7.91. The Morgan fingerprint density at radius 2 is 2.29 bits per heavy atom. The third kappa shape index (κ3) is 3.73. The van der Waals surface area contributed by atoms with E-state index in [9.17, 15) is 4.79 Å². The van der Waals surface area contributed by atoms with E-state index in [1.807, 2.05) is 13.1 Å². The lowest BCUT2D eigenvalue weighted by Crippen LogP contribution is -2.55. The van der Waals surface area contributed by atoms with E-state index in [1.165, 1.54) is 0 Å². The Morgan fingerprint density at radius 3 is 2.90 bits per heavy atom. The monoisotopic (exact) mass is 290 g/mol. The number of carbonyl (C=O) groups is 1. The number of rotatable bonds is 6. The van der Waals surface area contributed by atoms with Gasteiger partial charge in [-0.15, -0.1) is 0 Å². The van der Waals surface area contributed by atoms with Crippen molar-refractivity contribution >= 4 is 11.6 Å². The molecule has 2 N–H and O–H groups in total. The van der Waals surface area contributed by atoms with E-state index in [2.05, 4.69) is 46.5 Å². The Labute approximate surface area is 127 Å². The van der Waals surface area contributed by atoms with Crippen LogP contribution < -0.4 is 15.5 Å². The van der Waals surface area contributed by atoms with Crippen molar-refractivity contribution in [2.24, 2.45) is 0 Å². The third-order valence-corrected chi connectivity index (χ3v) is 3.96. The molecule has 116 valence electrons. The van der Waals surface area contributed by atoms with Gasteiger partial charge in [-0.2, -0.15) is 0 Å². The van der Waals surface area contributed by atoms with E-state index < -0.39 is 0 Å². The minimum Gasteiger partial charge on any atom is -0.357 e. The number of pyridine rings is 1. The summed E-state index contributed by atoms with van der Waals surface area (Å²) in [6.07, 6.45) is 3.81. The van der Waals surface area contributed by atoms with Gasteiger partial charge in [0.05, 0.1) is 17.6 Å². The average Bonchev–Trinajstić information content (AvgIpc) is 2.52. The number of hydrogen-bond acceptors (Lipinski definition) is 4. The van der Waals surface area contributed by atoms with Gasteiger partial charge < -0.3 is 15.5 Å². The van der Waals surface area contributed by atoms with Crippen LogP contribution in [0.4, 0.5) is 5.69 Å². The van der Waals surface area contributed by atoms with Gasteiger partial charge in [0, 0.05) is 19.1 Å². The summed E-state index contributed by atoms with van der Waals surface area (Å²) in [7, 11) is 0. The average molecular weight is 290 g/mol. The first-order valence-corrected chi connectivity index (χ1v) is 7.91. The van der Waals surface area contributed by atoms with Gasteiger partial charge in [-0.3, -0.25) is 9.78 Å². The number of amides is 1. The lowest BCUT2D eigenvalue weighted by Gasteiger charge is -2.36. The molecule has 2 heterocycles. The van der Waals surface area contributed by atoms with Gasteiger partial charge in [0.15, 0.2) is 0 Å². The fourth-order valence-corrected chi connectivity index (χ4v) is 2.72. The van der Waals surface area contributed by atoms with Crippen molar-refractivity contribution in [2.75, 3.05) is 24.5 Å². The third-order valence-electron chi connectivity index (χ3n) is 3.96. The van der Waals surface area contributed by atoms with Crippen molar-refractivity contribution in [1.29, 1.82) is 0 Å². The Hall–Kier alpha value is -1.62. The molecule has 0 saturated carbocycles. The van der Waals surface area contributed by atoms with Crippen molar-refractivity contribution in [3.63, 3.8) is 0 Å². The molecule has 1 amide bonds. The number of nitrogens with one attached hydrogen (secondary N) is 2. The highest BCUT2D eigenvalue weighted by atomic mass is 16.2. The molecule has 2 rings (SSSR count). The number of aromatic nitrogens is 1. The summed E-state index contributed by atoms with van der Waals surface area (Å²) < 4.78 is 0. The summed E-state index contributed by atoms with van der Waals surface area (Å²) >= 11 is 0. The number of piperazine rings is 1. The molecule has 1 aliphatic heterocycles. The molecule has 21 heavy (non-hydrogen) atoms. The van der Waals surface area contributed by atoms with Crippen LogP contribution in [0.1, 0.15) is 45.3 Å². The van der Waals surface area contributed by atoms with Crippen LogP contribution in [0.15, 0.2) is 18.3 Å². The maximum atomic E-state index is 11.9. The summed E-state index contributed by atoms with van der Waals surface area (Å²) in [6.45, 7) is 8.86. The van der Waals surface area contributed by atoms with Crippen LogP contribution in [-0.2, 0) is 4.79 Å². The minimum absolute atomic E-state index is 0.0814. The highest BCUT2D eigenvalue weighted by Gasteiger charge is 2.28. The second-order valence-electron chi connectivity index (χ2n) is 5.53. The topological polar surface area (TPSA) is 57.3 Å². The van der Waals surface area contributed by atoms with Crippen LogP contribution in [0.2, 0.25) is 0 Å². The summed E-state index contributed by atoms with van der Waals surface area (Å²) in [5.74, 6) is 0.116. The lowest BCUT2D eigenvalue weighted by molar-refractivity contribution is -0.123. The summed E-state index contributed by atoms with van der Waals surface area (Å²) in [6, 6.07) is 4.31. The molecule has 5 heteroatoms. The maximum Gasteiger partial charge on any atom is 0.242 e. The summed E-state index contributed by atoms with van der Waals surface area (Å²) in [5, 5.41) is 6.36. The zero-order chi connectivity index (χ0) is 15.2. The molecule has 0 aromatic carbocycles. The van der Waals surface area contributed by atoms with E-state index in [0.29, 0.717) is 6.54 Å². The highest BCUT2D eigenvalue weighted by Crippen LogP contribution is 2.21. The van der Waals surface area contributed by atoms with Gasteiger partial charge in [0.1, 0.15) is 6.04 Å². The molecule has 0 spiro atoms. The van der Waals surface area contributed by atoms with Crippen molar-refractivity contribution < 1.29 is 4.79 Å². The van der Waals surface area contributed by atoms with E-state index in [-0.39, 0.29) is 18.0 Å². The molecule has 1 saturated heterocycles. The van der Waals surface area contributed by atoms with E-state index in [0.717, 1.165) is 37.3 Å². The zero-order valence-corrected chi connectivity index (χ0v) is 13.2. The fourth-order valence-electron chi connectivity index (χ4n) is 2.72. The normalized spacial score (nSPS) is 20.2. The Bertz CT molecular complexity index is 460. The molecular weight excluding hydrogens is 264 g/mol. The molecule has 0 aliphatic carbocycles. The minimum atomic E-state index is -0.0814. The van der Waals surface area contributed by atoms with Gasteiger partial charge in [0.25, 0.3) is 0 Å². The molecule has 1 aromatic heterocycles.